The van der Waals surface area contributed by atoms with E-state index in [0.717, 1.165) is 17.7 Å². The first-order valence-electron chi connectivity index (χ1n) is 6.49. The number of ether oxygens (including phenoxy) is 1. The summed E-state index contributed by atoms with van der Waals surface area (Å²) in [5.74, 6) is -1.96. The van der Waals surface area contributed by atoms with E-state index in [1.54, 1.807) is 18.2 Å². The molecule has 0 amide bonds. The van der Waals surface area contributed by atoms with Crippen molar-refractivity contribution in [2.75, 3.05) is 5.73 Å². The van der Waals surface area contributed by atoms with Crippen LogP contribution in [0.3, 0.4) is 0 Å². The maximum atomic E-state index is 13.4. The Bertz CT molecular complexity index is 624. The van der Waals surface area contributed by atoms with Gasteiger partial charge in [0, 0.05) is 12.1 Å². The van der Waals surface area contributed by atoms with Crippen molar-refractivity contribution in [3.63, 3.8) is 0 Å². The first-order chi connectivity index (χ1) is 10.1. The SMILES string of the molecule is Nc1cccc(CCC(=O)OCc2c(F)cccc2F)c1. The van der Waals surface area contributed by atoms with E-state index in [4.69, 9.17) is 10.5 Å². The van der Waals surface area contributed by atoms with Gasteiger partial charge in [0.05, 0.1) is 5.56 Å². The quantitative estimate of drug-likeness (QED) is 0.679. The lowest BCUT2D eigenvalue weighted by Crippen LogP contribution is -2.08. The topological polar surface area (TPSA) is 52.3 Å². The number of nitrogen functional groups attached to an aromatic ring is 1. The van der Waals surface area contributed by atoms with Gasteiger partial charge in [0.25, 0.3) is 0 Å². The Labute approximate surface area is 121 Å². The third kappa shape index (κ3) is 4.27. The summed E-state index contributed by atoms with van der Waals surface area (Å²) in [7, 11) is 0. The lowest BCUT2D eigenvalue weighted by atomic mass is 10.1. The fraction of sp³-hybridized carbons (Fsp3) is 0.188. The summed E-state index contributed by atoms with van der Waals surface area (Å²) in [5.41, 5.74) is 6.92. The van der Waals surface area contributed by atoms with Crippen LogP contribution in [0.1, 0.15) is 17.5 Å². The van der Waals surface area contributed by atoms with E-state index in [-0.39, 0.29) is 12.0 Å². The number of aryl methyl sites for hydroxylation is 1. The van der Waals surface area contributed by atoms with Gasteiger partial charge in [0.1, 0.15) is 18.2 Å². The molecule has 21 heavy (non-hydrogen) atoms. The number of benzene rings is 2. The Morgan fingerprint density at radius 2 is 1.76 bits per heavy atom. The van der Waals surface area contributed by atoms with Crippen molar-refractivity contribution in [3.05, 3.63) is 65.2 Å². The van der Waals surface area contributed by atoms with Gasteiger partial charge < -0.3 is 10.5 Å². The second-order valence-corrected chi connectivity index (χ2v) is 4.61. The monoisotopic (exact) mass is 291 g/mol. The smallest absolute Gasteiger partial charge is 0.306 e. The lowest BCUT2D eigenvalue weighted by Gasteiger charge is -2.07. The van der Waals surface area contributed by atoms with Crippen LogP contribution >= 0.6 is 0 Å². The molecular formula is C16H15F2NO2. The molecule has 0 radical (unpaired) electrons. The van der Waals surface area contributed by atoms with Crippen molar-refractivity contribution in [1.29, 1.82) is 0 Å². The molecule has 2 N–H and O–H groups in total. The molecule has 0 aliphatic heterocycles. The number of hydrogen-bond acceptors (Lipinski definition) is 3. The van der Waals surface area contributed by atoms with Crippen molar-refractivity contribution in [3.8, 4) is 0 Å². The summed E-state index contributed by atoms with van der Waals surface area (Å²) in [6, 6.07) is 10.7. The van der Waals surface area contributed by atoms with Gasteiger partial charge >= 0.3 is 5.97 Å². The third-order valence-electron chi connectivity index (χ3n) is 3.01. The lowest BCUT2D eigenvalue weighted by molar-refractivity contribution is -0.145. The van der Waals surface area contributed by atoms with Crippen molar-refractivity contribution in [2.24, 2.45) is 0 Å². The van der Waals surface area contributed by atoms with E-state index < -0.39 is 24.2 Å². The molecule has 0 saturated heterocycles. The normalized spacial score (nSPS) is 10.4. The van der Waals surface area contributed by atoms with E-state index in [2.05, 4.69) is 0 Å². The van der Waals surface area contributed by atoms with Crippen LogP contribution in [0, 0.1) is 11.6 Å². The Hall–Kier alpha value is -2.43. The highest BCUT2D eigenvalue weighted by molar-refractivity contribution is 5.69. The average Bonchev–Trinajstić information content (AvgIpc) is 2.45. The predicted molar refractivity (Wildman–Crippen MR) is 75.3 cm³/mol. The van der Waals surface area contributed by atoms with E-state index in [1.807, 2.05) is 6.07 Å². The summed E-state index contributed by atoms with van der Waals surface area (Å²) in [6.45, 7) is -0.408. The number of rotatable bonds is 5. The van der Waals surface area contributed by atoms with Crippen LogP contribution in [0.25, 0.3) is 0 Å². The van der Waals surface area contributed by atoms with Gasteiger partial charge in [-0.1, -0.05) is 18.2 Å². The Kier molecular flexibility index (Phi) is 4.87. The molecule has 5 heteroatoms. The number of anilines is 1. The molecular weight excluding hydrogens is 276 g/mol. The van der Waals surface area contributed by atoms with Crippen LogP contribution in [0.15, 0.2) is 42.5 Å². The van der Waals surface area contributed by atoms with Crippen molar-refractivity contribution < 1.29 is 18.3 Å². The van der Waals surface area contributed by atoms with Crippen molar-refractivity contribution >= 4 is 11.7 Å². The third-order valence-corrected chi connectivity index (χ3v) is 3.01. The minimum absolute atomic E-state index is 0.125. The number of halogens is 2. The van der Waals surface area contributed by atoms with Gasteiger partial charge in [-0.25, -0.2) is 8.78 Å². The summed E-state index contributed by atoms with van der Waals surface area (Å²) >= 11 is 0. The number of carbonyl (C=O) groups is 1. The molecule has 2 aromatic rings. The largest absolute Gasteiger partial charge is 0.461 e. The standard InChI is InChI=1S/C16H15F2NO2/c17-14-5-2-6-15(18)13(14)10-21-16(20)8-7-11-3-1-4-12(19)9-11/h1-6,9H,7-8,10,19H2. The van der Waals surface area contributed by atoms with E-state index >= 15 is 0 Å². The highest BCUT2D eigenvalue weighted by Crippen LogP contribution is 2.14. The average molecular weight is 291 g/mol. The first kappa shape index (κ1) is 15.0. The molecule has 0 fully saturated rings. The molecule has 0 spiro atoms. The first-order valence-corrected chi connectivity index (χ1v) is 6.49. The summed E-state index contributed by atoms with van der Waals surface area (Å²) < 4.78 is 31.6. The Morgan fingerprint density at radius 3 is 2.43 bits per heavy atom. The highest BCUT2D eigenvalue weighted by atomic mass is 19.1. The van der Waals surface area contributed by atoms with Gasteiger partial charge in [0.2, 0.25) is 0 Å². The Balaban J connectivity index is 1.85. The van der Waals surface area contributed by atoms with Crippen LogP contribution in [0.2, 0.25) is 0 Å². The zero-order chi connectivity index (χ0) is 15.2. The molecule has 0 aliphatic rings. The van der Waals surface area contributed by atoms with Crippen molar-refractivity contribution in [1.82, 2.24) is 0 Å². The van der Waals surface area contributed by atoms with Crippen LogP contribution in [0.4, 0.5) is 14.5 Å². The molecule has 0 atom stereocenters. The molecule has 3 nitrogen and oxygen atoms in total. The minimum atomic E-state index is -0.723. The molecule has 2 aromatic carbocycles. The molecule has 0 saturated carbocycles. The zero-order valence-corrected chi connectivity index (χ0v) is 11.3. The zero-order valence-electron chi connectivity index (χ0n) is 11.3. The second-order valence-electron chi connectivity index (χ2n) is 4.61. The van der Waals surface area contributed by atoms with Gasteiger partial charge in [-0.15, -0.1) is 0 Å². The number of esters is 1. The van der Waals surface area contributed by atoms with Crippen LogP contribution in [-0.4, -0.2) is 5.97 Å². The molecule has 0 aliphatic carbocycles. The van der Waals surface area contributed by atoms with Crippen LogP contribution < -0.4 is 5.73 Å². The highest BCUT2D eigenvalue weighted by Gasteiger charge is 2.11. The van der Waals surface area contributed by atoms with E-state index in [9.17, 15) is 13.6 Å². The van der Waals surface area contributed by atoms with Crippen LogP contribution in [0.5, 0.6) is 0 Å². The predicted octanol–water partition coefficient (Wildman–Crippen LogP) is 3.22. The molecule has 0 unspecified atom stereocenters. The minimum Gasteiger partial charge on any atom is -0.461 e. The summed E-state index contributed by atoms with van der Waals surface area (Å²) in [4.78, 5) is 11.6. The summed E-state index contributed by atoms with van der Waals surface area (Å²) in [5, 5.41) is 0. The Morgan fingerprint density at radius 1 is 1.10 bits per heavy atom. The van der Waals surface area contributed by atoms with Gasteiger partial charge in [-0.2, -0.15) is 0 Å². The van der Waals surface area contributed by atoms with Crippen molar-refractivity contribution in [2.45, 2.75) is 19.4 Å². The van der Waals surface area contributed by atoms with Gasteiger partial charge in [0.15, 0.2) is 0 Å². The molecule has 2 rings (SSSR count). The molecule has 0 aromatic heterocycles. The van der Waals surface area contributed by atoms with Gasteiger partial charge in [-0.05, 0) is 36.2 Å². The number of carbonyl (C=O) groups excluding carboxylic acids is 1. The van der Waals surface area contributed by atoms with E-state index in [0.29, 0.717) is 12.1 Å². The molecule has 0 heterocycles. The van der Waals surface area contributed by atoms with E-state index in [1.165, 1.54) is 6.07 Å². The number of hydrogen-bond donors (Lipinski definition) is 1. The fourth-order valence-corrected chi connectivity index (χ4v) is 1.89. The number of nitrogens with two attached hydrogens (primary N) is 1. The summed E-state index contributed by atoms with van der Waals surface area (Å²) in [6.07, 6.45) is 0.586. The molecule has 0 bridgehead atoms. The molecule has 110 valence electrons. The van der Waals surface area contributed by atoms with Gasteiger partial charge in [-0.3, -0.25) is 4.79 Å². The maximum absolute atomic E-state index is 13.4. The maximum Gasteiger partial charge on any atom is 0.306 e. The van der Waals surface area contributed by atoms with Crippen LogP contribution in [-0.2, 0) is 22.6 Å². The second kappa shape index (κ2) is 6.83. The fourth-order valence-electron chi connectivity index (χ4n) is 1.89.